The number of aromatic nitrogens is 2. The van der Waals surface area contributed by atoms with Gasteiger partial charge in [0.15, 0.2) is 9.84 Å². The van der Waals surface area contributed by atoms with E-state index in [1.54, 1.807) is 48.8 Å². The van der Waals surface area contributed by atoms with Crippen molar-refractivity contribution in [2.45, 2.75) is 17.2 Å². The molecule has 0 atom stereocenters. The number of nitrogens with zero attached hydrogens (tertiary/aromatic N) is 4. The number of sulfone groups is 1. The fourth-order valence-corrected chi connectivity index (χ4v) is 6.15. The van der Waals surface area contributed by atoms with Crippen LogP contribution in [-0.4, -0.2) is 67.4 Å². The van der Waals surface area contributed by atoms with E-state index in [0.717, 1.165) is 30.7 Å². The van der Waals surface area contributed by atoms with Crippen molar-refractivity contribution in [2.75, 3.05) is 33.3 Å². The molecule has 1 amide bonds. The van der Waals surface area contributed by atoms with Crippen LogP contribution in [0.2, 0.25) is 0 Å². The summed E-state index contributed by atoms with van der Waals surface area (Å²) >= 11 is 0. The summed E-state index contributed by atoms with van der Waals surface area (Å²) in [5.74, 6) is 0.0198. The predicted octanol–water partition coefficient (Wildman–Crippen LogP) is 3.57. The summed E-state index contributed by atoms with van der Waals surface area (Å²) in [5.41, 5.74) is 2.43. The van der Waals surface area contributed by atoms with E-state index in [1.807, 2.05) is 35.2 Å². The van der Waals surface area contributed by atoms with E-state index in [4.69, 9.17) is 4.74 Å². The maximum Gasteiger partial charge on any atom is 0.257 e. The quantitative estimate of drug-likeness (QED) is 0.371. The van der Waals surface area contributed by atoms with Gasteiger partial charge in [-0.3, -0.25) is 19.7 Å². The first-order valence-electron chi connectivity index (χ1n) is 12.1. The Bertz CT molecular complexity index is 1510. The van der Waals surface area contributed by atoms with Crippen LogP contribution in [0.5, 0.6) is 5.75 Å². The van der Waals surface area contributed by atoms with E-state index >= 15 is 0 Å². The van der Waals surface area contributed by atoms with Gasteiger partial charge in [-0.2, -0.15) is 0 Å². The van der Waals surface area contributed by atoms with Gasteiger partial charge < -0.3 is 9.64 Å². The number of carbonyl (C=O) groups excluding carboxylic acids is 1. The Hall–Kier alpha value is -3.82. The van der Waals surface area contributed by atoms with Gasteiger partial charge in [0.05, 0.1) is 34.5 Å². The number of pyridine rings is 2. The maximum absolute atomic E-state index is 13.3. The lowest BCUT2D eigenvalue weighted by Crippen LogP contribution is -2.48. The number of benzene rings is 2. The van der Waals surface area contributed by atoms with Crippen molar-refractivity contribution in [1.82, 2.24) is 19.8 Å². The molecule has 0 saturated carbocycles. The molecule has 9 heteroatoms. The fraction of sp³-hybridized carbons (Fsp3) is 0.250. The van der Waals surface area contributed by atoms with E-state index in [0.29, 0.717) is 35.5 Å². The molecule has 37 heavy (non-hydrogen) atoms. The summed E-state index contributed by atoms with van der Waals surface area (Å²) in [5, 5.41) is 0.766. The van der Waals surface area contributed by atoms with E-state index in [2.05, 4.69) is 14.9 Å². The highest BCUT2D eigenvalue weighted by Crippen LogP contribution is 2.28. The Morgan fingerprint density at radius 3 is 2.46 bits per heavy atom. The molecule has 0 spiro atoms. The molecule has 1 saturated heterocycles. The first-order chi connectivity index (χ1) is 17.9. The van der Waals surface area contributed by atoms with Crippen LogP contribution in [-0.2, 0) is 22.1 Å². The van der Waals surface area contributed by atoms with Crippen LogP contribution >= 0.6 is 0 Å². The lowest BCUT2D eigenvalue weighted by atomic mass is 10.1. The smallest absolute Gasteiger partial charge is 0.257 e. The third-order valence-electron chi connectivity index (χ3n) is 6.56. The number of rotatable bonds is 7. The number of hydrogen-bond acceptors (Lipinski definition) is 7. The van der Waals surface area contributed by atoms with Crippen LogP contribution in [0.15, 0.2) is 84.0 Å². The standard InChI is InChI=1S/C28H28N4O4S/c1-36-25-18-21(20-37(34,35)26-9-4-6-22-7-5-13-30-27(22)26)10-11-24(25)28(33)32-16-14-31(15-17-32)19-23-8-2-3-12-29-23/h2-13,18H,14-17,19-20H2,1H3. The highest BCUT2D eigenvalue weighted by molar-refractivity contribution is 7.90. The Morgan fingerprint density at radius 1 is 0.919 bits per heavy atom. The molecule has 2 aromatic heterocycles. The summed E-state index contributed by atoms with van der Waals surface area (Å²) in [6, 6.07) is 19.6. The molecule has 0 bridgehead atoms. The van der Waals surface area contributed by atoms with Gasteiger partial charge in [0.2, 0.25) is 0 Å². The maximum atomic E-state index is 13.3. The largest absolute Gasteiger partial charge is 0.496 e. The third-order valence-corrected chi connectivity index (χ3v) is 8.27. The average Bonchev–Trinajstić information content (AvgIpc) is 2.93. The van der Waals surface area contributed by atoms with Crippen LogP contribution in [0, 0.1) is 0 Å². The predicted molar refractivity (Wildman–Crippen MR) is 141 cm³/mol. The SMILES string of the molecule is COc1cc(CS(=O)(=O)c2cccc3cccnc23)ccc1C(=O)N1CCN(Cc2ccccn2)CC1. The molecule has 8 nitrogen and oxygen atoms in total. The van der Waals surface area contributed by atoms with Crippen LogP contribution in [0.1, 0.15) is 21.6 Å². The highest BCUT2D eigenvalue weighted by Gasteiger charge is 2.26. The molecule has 4 aromatic rings. The number of fused-ring (bicyclic) bond motifs is 1. The zero-order chi connectivity index (χ0) is 25.8. The van der Waals surface area contributed by atoms with Gasteiger partial charge in [0.25, 0.3) is 5.91 Å². The molecule has 1 aliphatic heterocycles. The normalized spacial score (nSPS) is 14.6. The molecule has 0 aliphatic carbocycles. The molecule has 1 fully saturated rings. The zero-order valence-corrected chi connectivity index (χ0v) is 21.4. The van der Waals surface area contributed by atoms with Crippen molar-refractivity contribution in [3.63, 3.8) is 0 Å². The molecular formula is C28H28N4O4S. The van der Waals surface area contributed by atoms with Crippen LogP contribution in [0.4, 0.5) is 0 Å². The summed E-state index contributed by atoms with van der Waals surface area (Å²) in [6.07, 6.45) is 3.37. The monoisotopic (exact) mass is 516 g/mol. The van der Waals surface area contributed by atoms with Crippen molar-refractivity contribution < 1.29 is 17.9 Å². The van der Waals surface area contributed by atoms with Crippen molar-refractivity contribution in [1.29, 1.82) is 0 Å². The van der Waals surface area contributed by atoms with Crippen LogP contribution < -0.4 is 4.74 Å². The molecule has 190 valence electrons. The van der Waals surface area contributed by atoms with Gasteiger partial charge >= 0.3 is 0 Å². The second-order valence-corrected chi connectivity index (χ2v) is 11.0. The van der Waals surface area contributed by atoms with Gasteiger partial charge in [-0.15, -0.1) is 0 Å². The summed E-state index contributed by atoms with van der Waals surface area (Å²) in [6.45, 7) is 3.44. The molecule has 2 aromatic carbocycles. The summed E-state index contributed by atoms with van der Waals surface area (Å²) < 4.78 is 32.1. The molecule has 0 unspecified atom stereocenters. The molecule has 0 radical (unpaired) electrons. The van der Waals surface area contributed by atoms with Gasteiger partial charge in [0, 0.05) is 50.5 Å². The second-order valence-electron chi connectivity index (χ2n) is 9.01. The molecular weight excluding hydrogens is 488 g/mol. The first-order valence-corrected chi connectivity index (χ1v) is 13.7. The Kier molecular flexibility index (Phi) is 7.16. The average molecular weight is 517 g/mol. The number of carbonyl (C=O) groups is 1. The highest BCUT2D eigenvalue weighted by atomic mass is 32.2. The van der Waals surface area contributed by atoms with Crippen LogP contribution in [0.25, 0.3) is 10.9 Å². The van der Waals surface area contributed by atoms with Crippen molar-refractivity contribution in [3.05, 3.63) is 95.9 Å². The zero-order valence-electron chi connectivity index (χ0n) is 20.6. The molecule has 1 aliphatic rings. The lowest BCUT2D eigenvalue weighted by molar-refractivity contribution is 0.0624. The summed E-state index contributed by atoms with van der Waals surface area (Å²) in [4.78, 5) is 26.2. The Morgan fingerprint density at radius 2 is 1.70 bits per heavy atom. The number of ether oxygens (including phenoxy) is 1. The van der Waals surface area contributed by atoms with E-state index in [9.17, 15) is 13.2 Å². The van der Waals surface area contributed by atoms with E-state index in [1.165, 1.54) is 7.11 Å². The summed E-state index contributed by atoms with van der Waals surface area (Å²) in [7, 11) is -2.18. The van der Waals surface area contributed by atoms with Crippen molar-refractivity contribution in [3.8, 4) is 5.75 Å². The van der Waals surface area contributed by atoms with Gasteiger partial charge in [-0.1, -0.05) is 30.3 Å². The number of hydrogen-bond donors (Lipinski definition) is 0. The minimum absolute atomic E-state index is 0.123. The number of piperazine rings is 1. The Labute approximate surface area is 216 Å². The molecule has 5 rings (SSSR count). The van der Waals surface area contributed by atoms with Gasteiger partial charge in [-0.25, -0.2) is 8.42 Å². The van der Waals surface area contributed by atoms with Gasteiger partial charge in [0.1, 0.15) is 5.75 Å². The first kappa shape index (κ1) is 24.9. The minimum atomic E-state index is -3.67. The number of methoxy groups -OCH3 is 1. The lowest BCUT2D eigenvalue weighted by Gasteiger charge is -2.34. The molecule has 0 N–H and O–H groups in total. The number of amides is 1. The van der Waals surface area contributed by atoms with E-state index < -0.39 is 9.84 Å². The van der Waals surface area contributed by atoms with Crippen LogP contribution in [0.3, 0.4) is 0 Å². The van der Waals surface area contributed by atoms with Crippen molar-refractivity contribution >= 4 is 26.6 Å². The van der Waals surface area contributed by atoms with Crippen molar-refractivity contribution in [2.24, 2.45) is 0 Å². The minimum Gasteiger partial charge on any atom is -0.496 e. The molecule has 3 heterocycles. The topological polar surface area (TPSA) is 92.7 Å². The van der Waals surface area contributed by atoms with Gasteiger partial charge in [-0.05, 0) is 42.0 Å². The fourth-order valence-electron chi connectivity index (χ4n) is 4.63. The third kappa shape index (κ3) is 5.47. The van der Waals surface area contributed by atoms with E-state index in [-0.39, 0.29) is 16.6 Å². The Balaban J connectivity index is 1.29. The number of para-hydroxylation sites is 1. The second kappa shape index (κ2) is 10.7.